The molecule has 130 valence electrons. The maximum absolute atomic E-state index is 12.0. The van der Waals surface area contributed by atoms with Crippen LogP contribution in [-0.2, 0) is 7.05 Å². The van der Waals surface area contributed by atoms with Crippen LogP contribution in [0.4, 0.5) is 10.5 Å². The van der Waals surface area contributed by atoms with Crippen LogP contribution < -0.4 is 5.32 Å². The van der Waals surface area contributed by atoms with Crippen molar-refractivity contribution in [2.45, 2.75) is 24.1 Å². The van der Waals surface area contributed by atoms with Gasteiger partial charge in [-0.2, -0.15) is 5.10 Å². The second kappa shape index (κ2) is 8.23. The molecule has 0 unspecified atom stereocenters. The van der Waals surface area contributed by atoms with Crippen LogP contribution in [0.2, 0.25) is 15.1 Å². The van der Waals surface area contributed by atoms with Gasteiger partial charge in [0.2, 0.25) is 0 Å². The Morgan fingerprint density at radius 3 is 2.46 bits per heavy atom. The number of carbonyl (C=O) groups is 1. The van der Waals surface area contributed by atoms with Crippen molar-refractivity contribution in [1.29, 1.82) is 0 Å². The van der Waals surface area contributed by atoms with E-state index in [1.165, 1.54) is 23.5 Å². The van der Waals surface area contributed by atoms with Crippen molar-refractivity contribution in [3.05, 3.63) is 27.2 Å². The monoisotopic (exact) mass is 423 g/mol. The number of halogens is 3. The average Bonchev–Trinajstić information content (AvgIpc) is 2.75. The zero-order chi connectivity index (χ0) is 18.0. The molecule has 0 atom stereocenters. The van der Waals surface area contributed by atoms with E-state index in [9.17, 15) is 4.79 Å². The lowest BCUT2D eigenvalue weighted by Crippen LogP contribution is -2.08. The maximum Gasteiger partial charge on any atom is 0.283 e. The van der Waals surface area contributed by atoms with E-state index in [4.69, 9.17) is 34.8 Å². The number of hydrogen-bond donors (Lipinski definition) is 1. The Bertz CT molecular complexity index is 778. The fourth-order valence-corrected chi connectivity index (χ4v) is 4.25. The lowest BCUT2D eigenvalue weighted by Gasteiger charge is -2.11. The van der Waals surface area contributed by atoms with E-state index in [0.29, 0.717) is 32.0 Å². The van der Waals surface area contributed by atoms with Crippen LogP contribution >= 0.6 is 58.3 Å². The maximum atomic E-state index is 12.0. The summed E-state index contributed by atoms with van der Waals surface area (Å²) in [6, 6.07) is 3.28. The third-order valence-electron chi connectivity index (χ3n) is 3.02. The van der Waals surface area contributed by atoms with Crippen molar-refractivity contribution >= 4 is 69.3 Å². The Labute approximate surface area is 164 Å². The number of rotatable bonds is 4. The summed E-state index contributed by atoms with van der Waals surface area (Å²) in [4.78, 5) is 12.0. The van der Waals surface area contributed by atoms with Gasteiger partial charge < -0.3 is 5.32 Å². The number of amides is 1. The van der Waals surface area contributed by atoms with Crippen LogP contribution in [0, 0.1) is 0 Å². The summed E-state index contributed by atoms with van der Waals surface area (Å²) < 4.78 is 1.69. The standard InChI is InChI=1S/C15H16Cl3N3OS2/c1-7(2)24-15(22)19-11-5-8(9(16)6-10(11)17)13-12(18)14(23-4)21(3)20-13/h5-7H,1-4H3,(H,19,22). The molecular weight excluding hydrogens is 409 g/mol. The summed E-state index contributed by atoms with van der Waals surface area (Å²) in [6.45, 7) is 3.88. The van der Waals surface area contributed by atoms with Crippen molar-refractivity contribution in [1.82, 2.24) is 9.78 Å². The van der Waals surface area contributed by atoms with Crippen LogP contribution in [0.15, 0.2) is 17.2 Å². The summed E-state index contributed by atoms with van der Waals surface area (Å²) in [5, 5.41) is 9.33. The summed E-state index contributed by atoms with van der Waals surface area (Å²) in [6.07, 6.45) is 1.92. The number of hydrogen-bond acceptors (Lipinski definition) is 4. The second-order valence-corrected chi connectivity index (χ2v) is 8.72. The molecular formula is C15H16Cl3N3OS2. The zero-order valence-electron chi connectivity index (χ0n) is 13.5. The minimum atomic E-state index is -0.183. The van der Waals surface area contributed by atoms with Crippen molar-refractivity contribution in [2.75, 3.05) is 11.6 Å². The molecule has 0 radical (unpaired) electrons. The van der Waals surface area contributed by atoms with Crippen molar-refractivity contribution in [3.8, 4) is 11.3 Å². The first-order chi connectivity index (χ1) is 11.2. The number of aromatic nitrogens is 2. The molecule has 0 saturated carbocycles. The topological polar surface area (TPSA) is 46.9 Å². The number of benzene rings is 1. The highest BCUT2D eigenvalue weighted by atomic mass is 35.5. The first kappa shape index (κ1) is 19.8. The van der Waals surface area contributed by atoms with Crippen LogP contribution in [0.25, 0.3) is 11.3 Å². The Morgan fingerprint density at radius 1 is 1.25 bits per heavy atom. The molecule has 1 aromatic carbocycles. The van der Waals surface area contributed by atoms with Crippen LogP contribution in [0.5, 0.6) is 0 Å². The lowest BCUT2D eigenvalue weighted by molar-refractivity contribution is 0.269. The number of carbonyl (C=O) groups excluding carboxylic acids is 1. The third-order valence-corrected chi connectivity index (χ3v) is 5.76. The fourth-order valence-electron chi connectivity index (χ4n) is 2.06. The highest BCUT2D eigenvalue weighted by Crippen LogP contribution is 2.41. The minimum absolute atomic E-state index is 0.171. The van der Waals surface area contributed by atoms with E-state index in [-0.39, 0.29) is 10.5 Å². The van der Waals surface area contributed by atoms with Crippen LogP contribution in [0.3, 0.4) is 0 Å². The highest BCUT2D eigenvalue weighted by molar-refractivity contribution is 8.14. The minimum Gasteiger partial charge on any atom is -0.315 e. The molecule has 0 aliphatic rings. The smallest absolute Gasteiger partial charge is 0.283 e. The number of aryl methyl sites for hydroxylation is 1. The molecule has 2 rings (SSSR count). The second-order valence-electron chi connectivity index (χ2n) is 5.19. The van der Waals surface area contributed by atoms with Gasteiger partial charge in [-0.25, -0.2) is 0 Å². The van der Waals surface area contributed by atoms with E-state index in [1.807, 2.05) is 27.2 Å². The normalized spacial score (nSPS) is 11.2. The van der Waals surface area contributed by atoms with Crippen LogP contribution in [0.1, 0.15) is 13.8 Å². The fraction of sp³-hybridized carbons (Fsp3) is 0.333. The highest BCUT2D eigenvalue weighted by Gasteiger charge is 2.20. The molecule has 0 saturated heterocycles. The van der Waals surface area contributed by atoms with Gasteiger partial charge >= 0.3 is 0 Å². The van der Waals surface area contributed by atoms with Gasteiger partial charge in [0.1, 0.15) is 15.7 Å². The molecule has 1 amide bonds. The van der Waals surface area contributed by atoms with Gasteiger partial charge in [-0.1, -0.05) is 60.4 Å². The van der Waals surface area contributed by atoms with Gasteiger partial charge in [-0.05, 0) is 18.4 Å². The van der Waals surface area contributed by atoms with E-state index in [2.05, 4.69) is 10.4 Å². The summed E-state index contributed by atoms with van der Waals surface area (Å²) in [5.74, 6) is 0. The Morgan fingerprint density at radius 2 is 1.92 bits per heavy atom. The Hall–Kier alpha value is -0.530. The molecule has 4 nitrogen and oxygen atoms in total. The van der Waals surface area contributed by atoms with Crippen molar-refractivity contribution in [3.63, 3.8) is 0 Å². The summed E-state index contributed by atoms with van der Waals surface area (Å²) in [5.41, 5.74) is 1.64. The molecule has 1 heterocycles. The number of anilines is 1. The zero-order valence-corrected chi connectivity index (χ0v) is 17.4. The van der Waals surface area contributed by atoms with Crippen molar-refractivity contribution < 1.29 is 4.79 Å². The number of thioether (sulfide) groups is 2. The van der Waals surface area contributed by atoms with E-state index in [0.717, 1.165) is 5.03 Å². The average molecular weight is 425 g/mol. The van der Waals surface area contributed by atoms with Crippen molar-refractivity contribution in [2.24, 2.45) is 7.05 Å². The molecule has 0 fully saturated rings. The van der Waals surface area contributed by atoms with E-state index in [1.54, 1.807) is 16.8 Å². The van der Waals surface area contributed by atoms with Gasteiger partial charge in [-0.15, -0.1) is 11.8 Å². The molecule has 9 heteroatoms. The molecule has 0 bridgehead atoms. The number of nitrogens with zero attached hydrogens (tertiary/aromatic N) is 2. The van der Waals surface area contributed by atoms with Gasteiger partial charge in [0.25, 0.3) is 5.24 Å². The largest absolute Gasteiger partial charge is 0.315 e. The van der Waals surface area contributed by atoms with Gasteiger partial charge in [0.05, 0.1) is 15.7 Å². The molecule has 0 aliphatic heterocycles. The first-order valence-electron chi connectivity index (χ1n) is 6.98. The first-order valence-corrected chi connectivity index (χ1v) is 10.2. The van der Waals surface area contributed by atoms with Crippen LogP contribution in [-0.4, -0.2) is 26.5 Å². The summed E-state index contributed by atoms with van der Waals surface area (Å²) >= 11 is 21.6. The quantitative estimate of drug-likeness (QED) is 0.573. The molecule has 24 heavy (non-hydrogen) atoms. The predicted octanol–water partition coefficient (Wildman–Crippen LogP) is 6.44. The Kier molecular flexibility index (Phi) is 6.79. The third kappa shape index (κ3) is 4.35. The molecule has 2 aromatic rings. The van der Waals surface area contributed by atoms with Gasteiger partial charge in [0.15, 0.2) is 0 Å². The van der Waals surface area contributed by atoms with Gasteiger partial charge in [-0.3, -0.25) is 9.48 Å². The van der Waals surface area contributed by atoms with Gasteiger partial charge in [0, 0.05) is 17.9 Å². The SMILES string of the molecule is CSc1c(Cl)c(-c2cc(NC(=O)SC(C)C)c(Cl)cc2Cl)nn1C. The summed E-state index contributed by atoms with van der Waals surface area (Å²) in [7, 11) is 1.81. The molecule has 1 aromatic heterocycles. The molecule has 0 spiro atoms. The predicted molar refractivity (Wildman–Crippen MR) is 107 cm³/mol. The number of nitrogens with one attached hydrogen (secondary N) is 1. The molecule has 1 N–H and O–H groups in total. The van der Waals surface area contributed by atoms with E-state index >= 15 is 0 Å². The van der Waals surface area contributed by atoms with E-state index < -0.39 is 0 Å². The lowest BCUT2D eigenvalue weighted by atomic mass is 10.1. The Balaban J connectivity index is 2.45. The molecule has 0 aliphatic carbocycles.